The van der Waals surface area contributed by atoms with E-state index in [9.17, 15) is 0 Å². The van der Waals surface area contributed by atoms with E-state index in [1.807, 2.05) is 11.3 Å². The normalized spacial score (nSPS) is 11.8. The summed E-state index contributed by atoms with van der Waals surface area (Å²) in [6.07, 6.45) is 0. The Morgan fingerprint density at radius 3 is 2.00 bits per heavy atom. The molecule has 0 saturated heterocycles. The van der Waals surface area contributed by atoms with Crippen molar-refractivity contribution < 1.29 is 0 Å². The van der Waals surface area contributed by atoms with Crippen LogP contribution in [0.3, 0.4) is 0 Å². The summed E-state index contributed by atoms with van der Waals surface area (Å²) in [6, 6.07) is 57.1. The minimum atomic E-state index is 1.06. The van der Waals surface area contributed by atoms with Crippen molar-refractivity contribution in [2.75, 3.05) is 4.90 Å². The number of thiophene rings is 1. The van der Waals surface area contributed by atoms with Gasteiger partial charge in [-0.3, -0.25) is 0 Å². The topological polar surface area (TPSA) is 16.1 Å². The third-order valence-corrected chi connectivity index (χ3v) is 11.5. The molecule has 7 aromatic carbocycles. The number of thiazole rings is 1. The van der Waals surface area contributed by atoms with Gasteiger partial charge in [0.15, 0.2) is 0 Å². The second-order valence-electron chi connectivity index (χ2n) is 12.0. The first-order valence-electron chi connectivity index (χ1n) is 15.8. The van der Waals surface area contributed by atoms with Crippen LogP contribution >= 0.6 is 22.7 Å². The fourth-order valence-electron chi connectivity index (χ4n) is 7.11. The van der Waals surface area contributed by atoms with E-state index in [0.717, 1.165) is 27.6 Å². The van der Waals surface area contributed by atoms with E-state index >= 15 is 0 Å². The molecule has 0 saturated carbocycles. The Hall–Kier alpha value is -5.55. The Balaban J connectivity index is 1.22. The molecule has 220 valence electrons. The largest absolute Gasteiger partial charge is 0.310 e. The molecule has 0 atom stereocenters. The molecule has 2 heterocycles. The summed E-state index contributed by atoms with van der Waals surface area (Å²) in [5.74, 6) is 0. The van der Waals surface area contributed by atoms with Gasteiger partial charge in [0.2, 0.25) is 0 Å². The smallest absolute Gasteiger partial charge is 0.124 e. The lowest BCUT2D eigenvalue weighted by Crippen LogP contribution is -2.10. The predicted molar refractivity (Wildman–Crippen MR) is 202 cm³/mol. The number of anilines is 3. The molecule has 0 radical (unpaired) electrons. The molecule has 1 aliphatic carbocycles. The minimum absolute atomic E-state index is 1.06. The average Bonchev–Trinajstić information content (AvgIpc) is 3.82. The van der Waals surface area contributed by atoms with Crippen molar-refractivity contribution in [2.24, 2.45) is 0 Å². The van der Waals surface area contributed by atoms with Crippen molar-refractivity contribution in [2.45, 2.75) is 0 Å². The van der Waals surface area contributed by atoms with Gasteiger partial charge in [0.05, 0.1) is 16.3 Å². The van der Waals surface area contributed by atoms with Gasteiger partial charge in [0.1, 0.15) is 5.01 Å². The number of fused-ring (bicyclic) bond motifs is 6. The van der Waals surface area contributed by atoms with Crippen molar-refractivity contribution in [3.8, 4) is 43.4 Å². The van der Waals surface area contributed by atoms with Crippen LogP contribution in [0.25, 0.3) is 74.3 Å². The van der Waals surface area contributed by atoms with Gasteiger partial charge < -0.3 is 4.90 Å². The van der Waals surface area contributed by atoms with Gasteiger partial charge in [-0.2, -0.15) is 0 Å². The van der Waals surface area contributed by atoms with Crippen molar-refractivity contribution in [3.05, 3.63) is 158 Å². The molecule has 10 rings (SSSR count). The van der Waals surface area contributed by atoms with E-state index in [4.69, 9.17) is 4.98 Å². The Kier molecular flexibility index (Phi) is 5.95. The number of aromatic nitrogens is 1. The molecule has 2 aromatic heterocycles. The molecule has 47 heavy (non-hydrogen) atoms. The zero-order valence-electron chi connectivity index (χ0n) is 25.2. The van der Waals surface area contributed by atoms with Gasteiger partial charge in [-0.15, -0.1) is 22.7 Å². The highest BCUT2D eigenvalue weighted by Crippen LogP contribution is 2.54. The summed E-state index contributed by atoms with van der Waals surface area (Å²) < 4.78 is 2.60. The fourth-order valence-corrected chi connectivity index (χ4v) is 9.34. The highest BCUT2D eigenvalue weighted by molar-refractivity contribution is 7.26. The summed E-state index contributed by atoms with van der Waals surface area (Å²) in [6.45, 7) is 0. The monoisotopic (exact) mass is 634 g/mol. The predicted octanol–water partition coefficient (Wildman–Crippen LogP) is 13.1. The Morgan fingerprint density at radius 1 is 0.468 bits per heavy atom. The van der Waals surface area contributed by atoms with E-state index in [-0.39, 0.29) is 0 Å². The first kappa shape index (κ1) is 26.6. The highest BCUT2D eigenvalue weighted by atomic mass is 32.1. The molecule has 0 bridgehead atoms. The van der Waals surface area contributed by atoms with Crippen molar-refractivity contribution in [1.29, 1.82) is 0 Å². The Bertz CT molecular complexity index is 2620. The Morgan fingerprint density at radius 2 is 1.17 bits per heavy atom. The van der Waals surface area contributed by atoms with E-state index in [0.29, 0.717) is 0 Å². The number of benzene rings is 7. The summed E-state index contributed by atoms with van der Waals surface area (Å²) in [5, 5.41) is 6.17. The molecule has 0 unspecified atom stereocenters. The van der Waals surface area contributed by atoms with E-state index in [1.54, 1.807) is 11.3 Å². The van der Waals surface area contributed by atoms with Crippen LogP contribution in [0.1, 0.15) is 0 Å². The molecule has 0 N–H and O–H groups in total. The average molecular weight is 635 g/mol. The van der Waals surface area contributed by atoms with Gasteiger partial charge >= 0.3 is 0 Å². The molecule has 1 aliphatic rings. The molecular formula is C43H26N2S2. The number of hydrogen-bond donors (Lipinski definition) is 0. The SMILES string of the molecule is c1ccc(-c2ccc(N(c3cc4c5c(cccc5c3)-c3nc(-c5ccccc5)sc3-4)c3cccc4sc5ccccc5c34)cc2)cc1. The maximum atomic E-state index is 5.20. The van der Waals surface area contributed by atoms with Crippen molar-refractivity contribution in [1.82, 2.24) is 4.98 Å². The minimum Gasteiger partial charge on any atom is -0.310 e. The second kappa shape index (κ2) is 10.5. The van der Waals surface area contributed by atoms with E-state index in [2.05, 4.69) is 163 Å². The summed E-state index contributed by atoms with van der Waals surface area (Å²) in [5.41, 5.74) is 10.6. The summed E-state index contributed by atoms with van der Waals surface area (Å²) >= 11 is 3.65. The Labute approximate surface area is 280 Å². The molecule has 0 fully saturated rings. The lowest BCUT2D eigenvalue weighted by atomic mass is 10.0. The molecule has 0 amide bonds. The molecule has 9 aromatic rings. The molecule has 0 aliphatic heterocycles. The quantitative estimate of drug-likeness (QED) is 0.187. The summed E-state index contributed by atoms with van der Waals surface area (Å²) in [4.78, 5) is 8.90. The lowest BCUT2D eigenvalue weighted by Gasteiger charge is -2.27. The number of nitrogens with zero attached hydrogens (tertiary/aromatic N) is 2. The third-order valence-electron chi connectivity index (χ3n) is 9.22. The molecular weight excluding hydrogens is 609 g/mol. The maximum absolute atomic E-state index is 5.20. The van der Waals surface area contributed by atoms with Crippen molar-refractivity contribution >= 4 is 70.7 Å². The fraction of sp³-hybridized carbons (Fsp3) is 0. The van der Waals surface area contributed by atoms with Crippen LogP contribution < -0.4 is 4.90 Å². The van der Waals surface area contributed by atoms with Gasteiger partial charge in [0, 0.05) is 48.2 Å². The van der Waals surface area contributed by atoms with Gasteiger partial charge in [-0.25, -0.2) is 4.98 Å². The molecule has 2 nitrogen and oxygen atoms in total. The second-order valence-corrected chi connectivity index (χ2v) is 14.0. The highest BCUT2D eigenvalue weighted by Gasteiger charge is 2.28. The van der Waals surface area contributed by atoms with E-state index < -0.39 is 0 Å². The number of rotatable bonds is 5. The third kappa shape index (κ3) is 4.19. The lowest BCUT2D eigenvalue weighted by molar-refractivity contribution is 1.31. The van der Waals surface area contributed by atoms with Crippen LogP contribution in [0.5, 0.6) is 0 Å². The number of hydrogen-bond acceptors (Lipinski definition) is 4. The summed E-state index contributed by atoms with van der Waals surface area (Å²) in [7, 11) is 0. The first-order chi connectivity index (χ1) is 23.3. The van der Waals surface area contributed by atoms with Crippen LogP contribution in [-0.2, 0) is 0 Å². The first-order valence-corrected chi connectivity index (χ1v) is 17.4. The van der Waals surface area contributed by atoms with Crippen molar-refractivity contribution in [3.63, 3.8) is 0 Å². The van der Waals surface area contributed by atoms with Gasteiger partial charge in [-0.05, 0) is 64.4 Å². The van der Waals surface area contributed by atoms with Gasteiger partial charge in [-0.1, -0.05) is 115 Å². The van der Waals surface area contributed by atoms with Crippen LogP contribution in [-0.4, -0.2) is 4.98 Å². The maximum Gasteiger partial charge on any atom is 0.124 e. The van der Waals surface area contributed by atoms with Crippen LogP contribution in [0.15, 0.2) is 158 Å². The molecule has 0 spiro atoms. The zero-order chi connectivity index (χ0) is 30.9. The van der Waals surface area contributed by atoms with Crippen LogP contribution in [0.4, 0.5) is 17.1 Å². The standard InChI is InChI=1S/C43H26N2S2/c1-3-11-27(12-4-1)28-21-23-31(24-22-28)45(36-18-10-20-38-40(36)33-16-7-8-19-37(33)46-38)32-25-30-15-9-17-34-39(30)35(26-32)42-41(34)44-43(47-42)29-13-5-2-6-14-29/h1-26H. The zero-order valence-corrected chi connectivity index (χ0v) is 26.9. The van der Waals surface area contributed by atoms with Crippen LogP contribution in [0, 0.1) is 0 Å². The van der Waals surface area contributed by atoms with Crippen LogP contribution in [0.2, 0.25) is 0 Å². The molecule has 4 heteroatoms. The van der Waals surface area contributed by atoms with E-state index in [1.165, 1.54) is 63.8 Å². The van der Waals surface area contributed by atoms with Gasteiger partial charge in [0.25, 0.3) is 0 Å².